The van der Waals surface area contributed by atoms with Gasteiger partial charge in [0.25, 0.3) is 0 Å². The van der Waals surface area contributed by atoms with Crippen molar-refractivity contribution in [2.75, 3.05) is 27.2 Å². The summed E-state index contributed by atoms with van der Waals surface area (Å²) >= 11 is 0. The third kappa shape index (κ3) is 3.45. The molecule has 4 nitrogen and oxygen atoms in total. The number of nitrogens with one attached hydrogen (secondary N) is 2. The Labute approximate surface area is 110 Å². The zero-order valence-electron chi connectivity index (χ0n) is 11.7. The number of rotatable bonds is 4. The molecule has 1 aliphatic carbocycles. The number of amides is 1. The second-order valence-electron chi connectivity index (χ2n) is 5.93. The van der Waals surface area contributed by atoms with Crippen LogP contribution in [0, 0.1) is 5.92 Å². The Morgan fingerprint density at radius 2 is 2.06 bits per heavy atom. The van der Waals surface area contributed by atoms with Crippen molar-refractivity contribution >= 4 is 5.91 Å². The first-order valence-corrected chi connectivity index (χ1v) is 7.35. The van der Waals surface area contributed by atoms with Crippen molar-refractivity contribution in [1.82, 2.24) is 15.5 Å². The SMILES string of the molecule is CN(C)C(=O)CNC1CCCC1C1CCCCN1. The lowest BCUT2D eigenvalue weighted by atomic mass is 9.88. The molecule has 1 aliphatic heterocycles. The van der Waals surface area contributed by atoms with E-state index in [1.807, 2.05) is 14.1 Å². The van der Waals surface area contributed by atoms with Crippen LogP contribution >= 0.6 is 0 Å². The Morgan fingerprint density at radius 1 is 1.22 bits per heavy atom. The summed E-state index contributed by atoms with van der Waals surface area (Å²) in [5, 5.41) is 7.14. The van der Waals surface area contributed by atoms with E-state index in [9.17, 15) is 4.79 Å². The van der Waals surface area contributed by atoms with Gasteiger partial charge >= 0.3 is 0 Å². The van der Waals surface area contributed by atoms with E-state index in [1.54, 1.807) is 4.90 Å². The van der Waals surface area contributed by atoms with E-state index in [2.05, 4.69) is 10.6 Å². The molecule has 1 amide bonds. The topological polar surface area (TPSA) is 44.4 Å². The lowest BCUT2D eigenvalue weighted by Crippen LogP contribution is -2.48. The lowest BCUT2D eigenvalue weighted by molar-refractivity contribution is -0.127. The van der Waals surface area contributed by atoms with Crippen LogP contribution in [0.15, 0.2) is 0 Å². The van der Waals surface area contributed by atoms with Gasteiger partial charge in [-0.25, -0.2) is 0 Å². The zero-order valence-corrected chi connectivity index (χ0v) is 11.7. The Hall–Kier alpha value is -0.610. The molecule has 1 saturated heterocycles. The Morgan fingerprint density at radius 3 is 2.72 bits per heavy atom. The van der Waals surface area contributed by atoms with Crippen molar-refractivity contribution in [1.29, 1.82) is 0 Å². The van der Waals surface area contributed by atoms with Gasteiger partial charge in [-0.05, 0) is 38.1 Å². The number of hydrogen-bond acceptors (Lipinski definition) is 3. The summed E-state index contributed by atoms with van der Waals surface area (Å²) in [5.74, 6) is 0.900. The fraction of sp³-hybridized carbons (Fsp3) is 0.929. The van der Waals surface area contributed by atoms with Gasteiger partial charge in [-0.2, -0.15) is 0 Å². The first kappa shape index (κ1) is 13.8. The van der Waals surface area contributed by atoms with Crippen LogP contribution in [0.25, 0.3) is 0 Å². The second-order valence-corrected chi connectivity index (χ2v) is 5.93. The molecule has 2 aliphatic rings. The van der Waals surface area contributed by atoms with E-state index in [0.717, 1.165) is 5.92 Å². The highest BCUT2D eigenvalue weighted by Crippen LogP contribution is 2.31. The van der Waals surface area contributed by atoms with Gasteiger partial charge in [0, 0.05) is 26.2 Å². The van der Waals surface area contributed by atoms with Gasteiger partial charge < -0.3 is 15.5 Å². The van der Waals surface area contributed by atoms with E-state index in [-0.39, 0.29) is 5.91 Å². The van der Waals surface area contributed by atoms with Crippen molar-refractivity contribution in [3.8, 4) is 0 Å². The van der Waals surface area contributed by atoms with Crippen molar-refractivity contribution < 1.29 is 4.79 Å². The minimum atomic E-state index is 0.178. The molecule has 1 heterocycles. The van der Waals surface area contributed by atoms with E-state index < -0.39 is 0 Å². The zero-order chi connectivity index (χ0) is 13.0. The summed E-state index contributed by atoms with van der Waals surface area (Å²) in [4.78, 5) is 13.3. The molecule has 4 heteroatoms. The molecule has 0 spiro atoms. The Balaban J connectivity index is 1.81. The molecule has 0 aromatic rings. The van der Waals surface area contributed by atoms with Crippen LogP contribution in [-0.4, -0.2) is 50.1 Å². The Kier molecular flexibility index (Phi) is 5.01. The lowest BCUT2D eigenvalue weighted by Gasteiger charge is -2.33. The largest absolute Gasteiger partial charge is 0.348 e. The highest BCUT2D eigenvalue weighted by atomic mass is 16.2. The molecule has 0 radical (unpaired) electrons. The number of carbonyl (C=O) groups excluding carboxylic acids is 1. The molecule has 3 atom stereocenters. The van der Waals surface area contributed by atoms with Crippen LogP contribution in [-0.2, 0) is 4.79 Å². The summed E-state index contributed by atoms with van der Waals surface area (Å²) in [5.41, 5.74) is 0. The quantitative estimate of drug-likeness (QED) is 0.785. The normalized spacial score (nSPS) is 32.4. The van der Waals surface area contributed by atoms with Crippen LogP contribution < -0.4 is 10.6 Å². The van der Waals surface area contributed by atoms with Gasteiger partial charge in [0.1, 0.15) is 0 Å². The third-order valence-electron chi connectivity index (χ3n) is 4.45. The summed E-state index contributed by atoms with van der Waals surface area (Å²) in [6.07, 6.45) is 7.83. The number of hydrogen-bond donors (Lipinski definition) is 2. The van der Waals surface area contributed by atoms with Gasteiger partial charge in [-0.1, -0.05) is 12.8 Å². The highest BCUT2D eigenvalue weighted by molar-refractivity contribution is 5.77. The first-order valence-electron chi connectivity index (χ1n) is 7.35. The molecule has 0 aromatic heterocycles. The van der Waals surface area contributed by atoms with E-state index >= 15 is 0 Å². The van der Waals surface area contributed by atoms with Gasteiger partial charge in [0.2, 0.25) is 5.91 Å². The first-order chi connectivity index (χ1) is 8.68. The summed E-state index contributed by atoms with van der Waals surface area (Å²) in [6, 6.07) is 1.21. The number of piperidine rings is 1. The Bertz CT molecular complexity index is 274. The van der Waals surface area contributed by atoms with E-state index in [4.69, 9.17) is 0 Å². The summed E-state index contributed by atoms with van der Waals surface area (Å²) in [6.45, 7) is 1.66. The second kappa shape index (κ2) is 6.53. The molecule has 3 unspecified atom stereocenters. The number of likely N-dealkylation sites (N-methyl/N-ethyl adjacent to an activating group) is 1. The third-order valence-corrected chi connectivity index (χ3v) is 4.45. The van der Waals surface area contributed by atoms with Crippen molar-refractivity contribution in [3.05, 3.63) is 0 Å². The molecule has 0 aromatic carbocycles. The van der Waals surface area contributed by atoms with Crippen LogP contribution in [0.1, 0.15) is 38.5 Å². The molecule has 0 bridgehead atoms. The van der Waals surface area contributed by atoms with Gasteiger partial charge in [-0.15, -0.1) is 0 Å². The molecule has 104 valence electrons. The minimum absolute atomic E-state index is 0.178. The smallest absolute Gasteiger partial charge is 0.236 e. The maximum atomic E-state index is 11.6. The van der Waals surface area contributed by atoms with Crippen molar-refractivity contribution in [2.45, 2.75) is 50.6 Å². The van der Waals surface area contributed by atoms with Crippen LogP contribution in [0.2, 0.25) is 0 Å². The van der Waals surface area contributed by atoms with Gasteiger partial charge in [0.05, 0.1) is 6.54 Å². The summed E-state index contributed by atoms with van der Waals surface area (Å²) < 4.78 is 0. The number of carbonyl (C=O) groups is 1. The highest BCUT2D eigenvalue weighted by Gasteiger charge is 2.34. The van der Waals surface area contributed by atoms with Gasteiger partial charge in [-0.3, -0.25) is 4.79 Å². The molecular weight excluding hydrogens is 226 g/mol. The molecular formula is C14H27N3O. The molecule has 2 fully saturated rings. The average molecular weight is 253 g/mol. The van der Waals surface area contributed by atoms with E-state index in [0.29, 0.717) is 18.6 Å². The van der Waals surface area contributed by atoms with Gasteiger partial charge in [0.15, 0.2) is 0 Å². The average Bonchev–Trinajstić information content (AvgIpc) is 2.85. The van der Waals surface area contributed by atoms with Crippen LogP contribution in [0.3, 0.4) is 0 Å². The fourth-order valence-electron chi connectivity index (χ4n) is 3.34. The van der Waals surface area contributed by atoms with Crippen molar-refractivity contribution in [2.24, 2.45) is 5.92 Å². The predicted octanol–water partition coefficient (Wildman–Crippen LogP) is 0.975. The van der Waals surface area contributed by atoms with Crippen molar-refractivity contribution in [3.63, 3.8) is 0 Å². The maximum absolute atomic E-state index is 11.6. The minimum Gasteiger partial charge on any atom is -0.348 e. The van der Waals surface area contributed by atoms with Crippen LogP contribution in [0.5, 0.6) is 0 Å². The molecule has 2 rings (SSSR count). The van der Waals surface area contributed by atoms with Crippen LogP contribution in [0.4, 0.5) is 0 Å². The molecule has 1 saturated carbocycles. The monoisotopic (exact) mass is 253 g/mol. The maximum Gasteiger partial charge on any atom is 0.236 e. The predicted molar refractivity (Wildman–Crippen MR) is 73.5 cm³/mol. The van der Waals surface area contributed by atoms with E-state index in [1.165, 1.54) is 45.1 Å². The fourth-order valence-corrected chi connectivity index (χ4v) is 3.34. The molecule has 18 heavy (non-hydrogen) atoms. The molecule has 2 N–H and O–H groups in total. The number of nitrogens with zero attached hydrogens (tertiary/aromatic N) is 1. The summed E-state index contributed by atoms with van der Waals surface area (Å²) in [7, 11) is 3.64. The standard InChI is InChI=1S/C14H27N3O/c1-17(2)14(18)10-16-13-8-5-6-11(13)12-7-3-4-9-15-12/h11-13,15-16H,3-10H2,1-2H3.